The van der Waals surface area contributed by atoms with Crippen LogP contribution in [0.25, 0.3) is 11.0 Å². The quantitative estimate of drug-likeness (QED) is 0.895. The van der Waals surface area contributed by atoms with Crippen LogP contribution in [0, 0.1) is 5.41 Å². The molecule has 7 heteroatoms. The van der Waals surface area contributed by atoms with Gasteiger partial charge < -0.3 is 9.52 Å². The maximum absolute atomic E-state index is 11.6. The van der Waals surface area contributed by atoms with Crippen molar-refractivity contribution >= 4 is 28.5 Å². The van der Waals surface area contributed by atoms with Crippen LogP contribution in [0.1, 0.15) is 33.6 Å². The van der Waals surface area contributed by atoms with Crippen molar-refractivity contribution in [3.63, 3.8) is 0 Å². The number of fused-ring (bicyclic) bond motifs is 1. The second kappa shape index (κ2) is 6.58. The van der Waals surface area contributed by atoms with E-state index < -0.39 is 17.8 Å². The van der Waals surface area contributed by atoms with Gasteiger partial charge in [-0.2, -0.15) is 0 Å². The van der Waals surface area contributed by atoms with Crippen molar-refractivity contribution in [3.05, 3.63) is 39.3 Å². The van der Waals surface area contributed by atoms with Crippen molar-refractivity contribution in [2.75, 3.05) is 0 Å². The Hall–Kier alpha value is -2.08. The van der Waals surface area contributed by atoms with Gasteiger partial charge in [0.15, 0.2) is 0 Å². The number of rotatable bonds is 4. The lowest BCUT2D eigenvalue weighted by Gasteiger charge is -2.19. The number of aromatic nitrogens is 1. The second-order valence-corrected chi connectivity index (χ2v) is 7.02. The van der Waals surface area contributed by atoms with Gasteiger partial charge in [0, 0.05) is 11.1 Å². The van der Waals surface area contributed by atoms with Crippen LogP contribution in [-0.4, -0.2) is 22.1 Å². The number of carboxylic acids is 1. The highest BCUT2D eigenvalue weighted by Gasteiger charge is 2.20. The molecule has 1 atom stereocenters. The molecule has 0 amide bonds. The van der Waals surface area contributed by atoms with E-state index >= 15 is 0 Å². The molecule has 2 rings (SSSR count). The van der Waals surface area contributed by atoms with E-state index in [1.807, 2.05) is 20.8 Å². The van der Waals surface area contributed by atoms with E-state index in [0.717, 1.165) is 0 Å². The molecule has 0 spiro atoms. The molecule has 0 saturated heterocycles. The molecule has 0 saturated carbocycles. The Morgan fingerprint density at radius 3 is 2.74 bits per heavy atom. The summed E-state index contributed by atoms with van der Waals surface area (Å²) in [6.07, 6.45) is 1.07. The van der Waals surface area contributed by atoms with Crippen LogP contribution in [0.2, 0.25) is 5.02 Å². The Labute approximate surface area is 137 Å². The fraction of sp³-hybridized carbons (Fsp3) is 0.438. The zero-order chi connectivity index (χ0) is 17.2. The van der Waals surface area contributed by atoms with E-state index in [1.165, 1.54) is 6.07 Å². The zero-order valence-electron chi connectivity index (χ0n) is 13.2. The molecule has 0 aliphatic rings. The van der Waals surface area contributed by atoms with Crippen LogP contribution in [0.3, 0.4) is 0 Å². The first-order chi connectivity index (χ1) is 10.7. The number of H-pyrrole nitrogens is 1. The van der Waals surface area contributed by atoms with Gasteiger partial charge in [-0.1, -0.05) is 32.4 Å². The van der Waals surface area contributed by atoms with E-state index in [2.05, 4.69) is 9.98 Å². The lowest BCUT2D eigenvalue weighted by atomic mass is 9.89. The standard InChI is InChI=1S/C16H19ClN2O4/c1-16(2,3)7-6-11(14(20)21)18-13-10-5-4-9(17)8-12(10)23-15(22)19-13/h4-5,8,11H,6-7H2,1-3H3,(H,20,21)(H,18,19,22). The summed E-state index contributed by atoms with van der Waals surface area (Å²) < 4.78 is 5.04. The first-order valence-electron chi connectivity index (χ1n) is 7.25. The number of carboxylic acid groups (broad SMARTS) is 1. The minimum atomic E-state index is -1.03. The van der Waals surface area contributed by atoms with Crippen molar-refractivity contribution in [2.24, 2.45) is 10.4 Å². The van der Waals surface area contributed by atoms with Crippen LogP contribution < -0.4 is 11.2 Å². The molecule has 0 bridgehead atoms. The summed E-state index contributed by atoms with van der Waals surface area (Å²) >= 11 is 5.88. The van der Waals surface area contributed by atoms with Gasteiger partial charge in [-0.15, -0.1) is 0 Å². The molecular formula is C16H19ClN2O4. The van der Waals surface area contributed by atoms with Gasteiger partial charge in [0.25, 0.3) is 0 Å². The van der Waals surface area contributed by atoms with Crippen LogP contribution >= 0.6 is 11.6 Å². The van der Waals surface area contributed by atoms with Crippen molar-refractivity contribution in [2.45, 2.75) is 39.7 Å². The summed E-state index contributed by atoms with van der Waals surface area (Å²) in [4.78, 5) is 29.8. The van der Waals surface area contributed by atoms with E-state index in [9.17, 15) is 14.7 Å². The third-order valence-electron chi connectivity index (χ3n) is 3.36. The van der Waals surface area contributed by atoms with Crippen LogP contribution in [0.15, 0.2) is 32.4 Å². The lowest BCUT2D eigenvalue weighted by molar-refractivity contribution is -0.138. The van der Waals surface area contributed by atoms with E-state index in [-0.39, 0.29) is 16.5 Å². The molecule has 0 fully saturated rings. The van der Waals surface area contributed by atoms with E-state index in [0.29, 0.717) is 23.3 Å². The molecule has 1 heterocycles. The Kier molecular flexibility index (Phi) is 4.94. The molecule has 6 nitrogen and oxygen atoms in total. The van der Waals surface area contributed by atoms with Gasteiger partial charge in [-0.25, -0.2) is 9.59 Å². The van der Waals surface area contributed by atoms with Crippen LogP contribution in [0.5, 0.6) is 0 Å². The summed E-state index contributed by atoms with van der Waals surface area (Å²) in [7, 11) is 0. The van der Waals surface area contributed by atoms with E-state index in [1.54, 1.807) is 12.1 Å². The maximum atomic E-state index is 11.6. The number of hydrogen-bond acceptors (Lipinski definition) is 4. The molecule has 1 unspecified atom stereocenters. The summed E-state index contributed by atoms with van der Waals surface area (Å²) in [5.74, 6) is -1.74. The average Bonchev–Trinajstić information content (AvgIpc) is 2.41. The number of halogens is 1. The lowest BCUT2D eigenvalue weighted by Crippen LogP contribution is -2.27. The van der Waals surface area contributed by atoms with Crippen LogP contribution in [0.4, 0.5) is 0 Å². The largest absolute Gasteiger partial charge is 0.480 e. The summed E-state index contributed by atoms with van der Waals surface area (Å²) in [6.45, 7) is 6.10. The monoisotopic (exact) mass is 338 g/mol. The number of aliphatic carboxylic acids is 1. The van der Waals surface area contributed by atoms with Gasteiger partial charge in [-0.3, -0.25) is 9.98 Å². The number of aromatic amines is 1. The number of nitrogens with zero attached hydrogens (tertiary/aromatic N) is 1. The Morgan fingerprint density at radius 1 is 1.43 bits per heavy atom. The number of carbonyl (C=O) groups is 1. The van der Waals surface area contributed by atoms with Gasteiger partial charge in [0.05, 0.1) is 5.39 Å². The van der Waals surface area contributed by atoms with Crippen molar-refractivity contribution in [1.82, 2.24) is 4.98 Å². The Bertz CT molecular complexity index is 846. The first-order valence-corrected chi connectivity index (χ1v) is 7.63. The minimum Gasteiger partial charge on any atom is -0.480 e. The number of benzene rings is 1. The Balaban J connectivity index is 2.52. The topological polar surface area (TPSA) is 95.7 Å². The Morgan fingerprint density at radius 2 is 2.13 bits per heavy atom. The molecule has 0 aliphatic carbocycles. The highest BCUT2D eigenvalue weighted by Crippen LogP contribution is 2.22. The molecule has 23 heavy (non-hydrogen) atoms. The average molecular weight is 339 g/mol. The van der Waals surface area contributed by atoms with Crippen molar-refractivity contribution < 1.29 is 14.3 Å². The highest BCUT2D eigenvalue weighted by atomic mass is 35.5. The molecule has 124 valence electrons. The van der Waals surface area contributed by atoms with Gasteiger partial charge in [0.2, 0.25) is 0 Å². The van der Waals surface area contributed by atoms with E-state index in [4.69, 9.17) is 16.0 Å². The normalized spacial score (nSPS) is 14.2. The summed E-state index contributed by atoms with van der Waals surface area (Å²) in [5, 5.41) is 10.3. The predicted molar refractivity (Wildman–Crippen MR) is 87.5 cm³/mol. The maximum Gasteiger partial charge on any atom is 0.418 e. The van der Waals surface area contributed by atoms with Crippen LogP contribution in [-0.2, 0) is 4.79 Å². The fourth-order valence-electron chi connectivity index (χ4n) is 2.14. The summed E-state index contributed by atoms with van der Waals surface area (Å²) in [6, 6.07) is 3.82. The first kappa shape index (κ1) is 17.3. The molecular weight excluding hydrogens is 320 g/mol. The number of nitrogens with one attached hydrogen (secondary N) is 1. The van der Waals surface area contributed by atoms with Crippen molar-refractivity contribution in [3.8, 4) is 0 Å². The SMILES string of the molecule is CC(C)(C)CCC(/N=c1\[nH]c(=O)oc2cc(Cl)ccc12)C(=O)O. The second-order valence-electron chi connectivity index (χ2n) is 6.59. The molecule has 0 radical (unpaired) electrons. The predicted octanol–water partition coefficient (Wildman–Crippen LogP) is 2.95. The third kappa shape index (κ3) is 4.69. The molecule has 0 aliphatic heterocycles. The zero-order valence-corrected chi connectivity index (χ0v) is 14.0. The van der Waals surface area contributed by atoms with Gasteiger partial charge in [-0.05, 0) is 30.4 Å². The summed E-state index contributed by atoms with van der Waals surface area (Å²) in [5.41, 5.74) is 0.451. The molecule has 2 aromatic rings. The highest BCUT2D eigenvalue weighted by molar-refractivity contribution is 6.31. The van der Waals surface area contributed by atoms with Gasteiger partial charge >= 0.3 is 11.7 Å². The van der Waals surface area contributed by atoms with Crippen molar-refractivity contribution in [1.29, 1.82) is 0 Å². The molecule has 1 aromatic heterocycles. The fourth-order valence-corrected chi connectivity index (χ4v) is 2.30. The number of hydrogen-bond donors (Lipinski definition) is 2. The minimum absolute atomic E-state index is 0.00174. The van der Waals surface area contributed by atoms with Gasteiger partial charge in [0.1, 0.15) is 17.1 Å². The third-order valence-corrected chi connectivity index (χ3v) is 3.59. The molecule has 2 N–H and O–H groups in total. The molecule has 1 aromatic carbocycles. The smallest absolute Gasteiger partial charge is 0.418 e.